The first-order chi connectivity index (χ1) is 13.9. The average Bonchev–Trinajstić information content (AvgIpc) is 2.73. The Bertz CT molecular complexity index is 936. The number of hydrogen-bond acceptors (Lipinski definition) is 3. The molecule has 0 spiro atoms. The van der Waals surface area contributed by atoms with E-state index in [9.17, 15) is 13.2 Å². The van der Waals surface area contributed by atoms with Crippen LogP contribution in [0.4, 0.5) is 0 Å². The number of benzene rings is 2. The van der Waals surface area contributed by atoms with Gasteiger partial charge in [0, 0.05) is 24.7 Å². The second-order valence-electron chi connectivity index (χ2n) is 7.88. The lowest BCUT2D eigenvalue weighted by Crippen LogP contribution is -2.36. The van der Waals surface area contributed by atoms with E-state index in [-0.39, 0.29) is 16.8 Å². The molecule has 1 aliphatic heterocycles. The van der Waals surface area contributed by atoms with Crippen molar-refractivity contribution in [3.8, 4) is 0 Å². The molecule has 1 N–H and O–H groups in total. The standard InChI is InChI=1S/C23H30N2O3S/c1-18-11-14-21(17-22(18)23(26)25-15-7-4-8-16-25)29(27,28)24-19(2)12-13-20-9-5-3-6-10-20/h3,5-6,9-11,14,17,19,24H,4,7-8,12-13,15-16H2,1-2H3/t19-/m0/s1. The van der Waals surface area contributed by atoms with Gasteiger partial charge in [-0.25, -0.2) is 13.1 Å². The van der Waals surface area contributed by atoms with E-state index in [1.807, 2.05) is 49.1 Å². The molecule has 156 valence electrons. The number of sulfonamides is 1. The van der Waals surface area contributed by atoms with Gasteiger partial charge in [0.05, 0.1) is 4.90 Å². The van der Waals surface area contributed by atoms with Crippen LogP contribution in [0.1, 0.15) is 54.1 Å². The Morgan fingerprint density at radius 2 is 1.76 bits per heavy atom. The predicted molar refractivity (Wildman–Crippen MR) is 115 cm³/mol. The molecular weight excluding hydrogens is 384 g/mol. The van der Waals surface area contributed by atoms with Crippen LogP contribution < -0.4 is 4.72 Å². The van der Waals surface area contributed by atoms with Gasteiger partial charge in [0.15, 0.2) is 0 Å². The van der Waals surface area contributed by atoms with Crippen molar-refractivity contribution in [3.05, 3.63) is 65.2 Å². The van der Waals surface area contributed by atoms with Crippen LogP contribution in [0, 0.1) is 6.92 Å². The molecule has 0 unspecified atom stereocenters. The van der Waals surface area contributed by atoms with Gasteiger partial charge in [0.25, 0.3) is 5.91 Å². The Kier molecular flexibility index (Phi) is 7.09. The third kappa shape index (κ3) is 5.67. The summed E-state index contributed by atoms with van der Waals surface area (Å²) in [6.45, 7) is 5.20. The van der Waals surface area contributed by atoms with E-state index >= 15 is 0 Å². The van der Waals surface area contributed by atoms with Gasteiger partial charge < -0.3 is 4.90 Å². The van der Waals surface area contributed by atoms with Crippen LogP contribution in [-0.4, -0.2) is 38.4 Å². The van der Waals surface area contributed by atoms with Crippen LogP contribution in [0.5, 0.6) is 0 Å². The molecule has 0 aromatic heterocycles. The monoisotopic (exact) mass is 414 g/mol. The highest BCUT2D eigenvalue weighted by molar-refractivity contribution is 7.89. The Morgan fingerprint density at radius 3 is 2.45 bits per heavy atom. The lowest BCUT2D eigenvalue weighted by atomic mass is 10.1. The molecule has 3 rings (SSSR count). The van der Waals surface area contributed by atoms with E-state index in [4.69, 9.17) is 0 Å². The minimum Gasteiger partial charge on any atom is -0.339 e. The lowest BCUT2D eigenvalue weighted by Gasteiger charge is -2.27. The van der Waals surface area contributed by atoms with Crippen LogP contribution in [0.25, 0.3) is 0 Å². The molecule has 0 radical (unpaired) electrons. The zero-order chi connectivity index (χ0) is 20.9. The molecule has 6 heteroatoms. The molecule has 0 saturated carbocycles. The molecule has 0 bridgehead atoms. The van der Waals surface area contributed by atoms with Crippen molar-refractivity contribution in [2.45, 2.75) is 56.9 Å². The fourth-order valence-corrected chi connectivity index (χ4v) is 4.99. The third-order valence-corrected chi connectivity index (χ3v) is 7.05. The molecule has 5 nitrogen and oxygen atoms in total. The molecule has 1 atom stereocenters. The number of carbonyl (C=O) groups is 1. The highest BCUT2D eigenvalue weighted by atomic mass is 32.2. The molecule has 1 amide bonds. The molecule has 29 heavy (non-hydrogen) atoms. The second-order valence-corrected chi connectivity index (χ2v) is 9.59. The summed E-state index contributed by atoms with van der Waals surface area (Å²) in [6.07, 6.45) is 4.65. The molecule has 2 aromatic carbocycles. The quantitative estimate of drug-likeness (QED) is 0.747. The predicted octanol–water partition coefficient (Wildman–Crippen LogP) is 3.92. The zero-order valence-electron chi connectivity index (χ0n) is 17.2. The first kappa shape index (κ1) is 21.5. The summed E-state index contributed by atoms with van der Waals surface area (Å²) in [4.78, 5) is 14.9. The first-order valence-corrected chi connectivity index (χ1v) is 11.8. The number of likely N-dealkylation sites (tertiary alicyclic amines) is 1. The van der Waals surface area contributed by atoms with Crippen molar-refractivity contribution in [3.63, 3.8) is 0 Å². The number of piperidine rings is 1. The Morgan fingerprint density at radius 1 is 1.07 bits per heavy atom. The first-order valence-electron chi connectivity index (χ1n) is 10.3. The number of hydrogen-bond donors (Lipinski definition) is 1. The maximum Gasteiger partial charge on any atom is 0.254 e. The minimum absolute atomic E-state index is 0.0728. The SMILES string of the molecule is Cc1ccc(S(=O)(=O)N[C@@H](C)CCc2ccccc2)cc1C(=O)N1CCCCC1. The van der Waals surface area contributed by atoms with E-state index in [1.165, 1.54) is 11.6 Å². The number of rotatable bonds is 7. The van der Waals surface area contributed by atoms with Crippen molar-refractivity contribution >= 4 is 15.9 Å². The molecule has 1 saturated heterocycles. The second kappa shape index (κ2) is 9.55. The fourth-order valence-electron chi connectivity index (χ4n) is 3.69. The summed E-state index contributed by atoms with van der Waals surface area (Å²) in [6, 6.07) is 14.6. The zero-order valence-corrected chi connectivity index (χ0v) is 18.0. The van der Waals surface area contributed by atoms with Crippen LogP contribution in [0.2, 0.25) is 0 Å². The van der Waals surface area contributed by atoms with Crippen molar-refractivity contribution in [1.82, 2.24) is 9.62 Å². The summed E-state index contributed by atoms with van der Waals surface area (Å²) in [5.74, 6) is -0.0728. The normalized spacial score (nSPS) is 15.9. The van der Waals surface area contributed by atoms with Crippen LogP contribution in [0.15, 0.2) is 53.4 Å². The highest BCUT2D eigenvalue weighted by Crippen LogP contribution is 2.20. The van der Waals surface area contributed by atoms with Crippen LogP contribution >= 0.6 is 0 Å². The lowest BCUT2D eigenvalue weighted by molar-refractivity contribution is 0.0723. The average molecular weight is 415 g/mol. The third-order valence-electron chi connectivity index (χ3n) is 5.46. The molecule has 1 heterocycles. The molecule has 0 aliphatic carbocycles. The maximum absolute atomic E-state index is 12.9. The van der Waals surface area contributed by atoms with E-state index in [0.717, 1.165) is 44.3 Å². The van der Waals surface area contributed by atoms with Gasteiger partial charge in [-0.2, -0.15) is 0 Å². The number of carbonyl (C=O) groups excluding carboxylic acids is 1. The molecule has 1 aliphatic rings. The van der Waals surface area contributed by atoms with E-state index in [1.54, 1.807) is 12.1 Å². The van der Waals surface area contributed by atoms with Gasteiger partial charge in [-0.05, 0) is 69.2 Å². The summed E-state index contributed by atoms with van der Waals surface area (Å²) in [7, 11) is -3.69. The fraction of sp³-hybridized carbons (Fsp3) is 0.435. The van der Waals surface area contributed by atoms with Gasteiger partial charge in [-0.15, -0.1) is 0 Å². The number of aryl methyl sites for hydroxylation is 2. The molecular formula is C23H30N2O3S. The van der Waals surface area contributed by atoms with E-state index in [0.29, 0.717) is 12.0 Å². The summed E-state index contributed by atoms with van der Waals surface area (Å²) < 4.78 is 28.5. The van der Waals surface area contributed by atoms with Crippen molar-refractivity contribution < 1.29 is 13.2 Å². The Balaban J connectivity index is 1.70. The number of nitrogens with one attached hydrogen (secondary N) is 1. The van der Waals surface area contributed by atoms with Crippen LogP contribution in [0.3, 0.4) is 0 Å². The highest BCUT2D eigenvalue weighted by Gasteiger charge is 2.23. The summed E-state index contributed by atoms with van der Waals surface area (Å²) in [5, 5.41) is 0. The van der Waals surface area contributed by atoms with Gasteiger partial charge in [0.2, 0.25) is 10.0 Å². The topological polar surface area (TPSA) is 66.5 Å². The van der Waals surface area contributed by atoms with E-state index < -0.39 is 10.0 Å². The Hall–Kier alpha value is -2.18. The number of nitrogens with zero attached hydrogens (tertiary/aromatic N) is 1. The van der Waals surface area contributed by atoms with Crippen molar-refractivity contribution in [2.75, 3.05) is 13.1 Å². The largest absolute Gasteiger partial charge is 0.339 e. The smallest absolute Gasteiger partial charge is 0.254 e. The maximum atomic E-state index is 12.9. The molecule has 2 aromatic rings. The van der Waals surface area contributed by atoms with Crippen molar-refractivity contribution in [2.24, 2.45) is 0 Å². The van der Waals surface area contributed by atoms with Gasteiger partial charge in [-0.3, -0.25) is 4.79 Å². The number of amides is 1. The van der Waals surface area contributed by atoms with E-state index in [2.05, 4.69) is 4.72 Å². The van der Waals surface area contributed by atoms with Crippen LogP contribution in [-0.2, 0) is 16.4 Å². The Labute approximate surface area is 174 Å². The minimum atomic E-state index is -3.69. The summed E-state index contributed by atoms with van der Waals surface area (Å²) >= 11 is 0. The van der Waals surface area contributed by atoms with Gasteiger partial charge >= 0.3 is 0 Å². The van der Waals surface area contributed by atoms with Crippen molar-refractivity contribution in [1.29, 1.82) is 0 Å². The summed E-state index contributed by atoms with van der Waals surface area (Å²) in [5.41, 5.74) is 2.46. The molecule has 1 fully saturated rings. The van der Waals surface area contributed by atoms with Gasteiger partial charge in [-0.1, -0.05) is 36.4 Å². The van der Waals surface area contributed by atoms with Gasteiger partial charge in [0.1, 0.15) is 0 Å².